The molecule has 0 aliphatic carbocycles. The van der Waals surface area contributed by atoms with Crippen molar-refractivity contribution in [2.75, 3.05) is 26.2 Å². The smallest absolute Gasteiger partial charge is 0.163 e. The highest BCUT2D eigenvalue weighted by Gasteiger charge is 2.26. The van der Waals surface area contributed by atoms with Gasteiger partial charge in [0.25, 0.3) is 0 Å². The molecule has 0 saturated carbocycles. The van der Waals surface area contributed by atoms with E-state index in [1.54, 1.807) is 0 Å². The number of halogens is 4. The van der Waals surface area contributed by atoms with Crippen LogP contribution in [0, 0.1) is 17.5 Å². The van der Waals surface area contributed by atoms with Gasteiger partial charge in [0.2, 0.25) is 0 Å². The van der Waals surface area contributed by atoms with Gasteiger partial charge in [0.1, 0.15) is 5.82 Å². The van der Waals surface area contributed by atoms with Crippen LogP contribution >= 0.6 is 12.4 Å². The zero-order chi connectivity index (χ0) is 14.5. The molecule has 0 bridgehead atoms. The largest absolute Gasteiger partial charge is 0.314 e. The summed E-state index contributed by atoms with van der Waals surface area (Å²) in [5, 5.41) is 3.23. The summed E-state index contributed by atoms with van der Waals surface area (Å²) in [4.78, 5) is 2.11. The van der Waals surface area contributed by atoms with E-state index in [1.807, 2.05) is 0 Å². The van der Waals surface area contributed by atoms with Crippen LogP contribution in [0.15, 0.2) is 12.1 Å². The van der Waals surface area contributed by atoms with E-state index in [2.05, 4.69) is 17.1 Å². The monoisotopic (exact) mass is 322 g/mol. The van der Waals surface area contributed by atoms with Gasteiger partial charge in [0.05, 0.1) is 0 Å². The number of nitrogens with one attached hydrogen (secondary N) is 1. The first-order chi connectivity index (χ1) is 9.63. The zero-order valence-electron chi connectivity index (χ0n) is 12.2. The molecule has 21 heavy (non-hydrogen) atoms. The molecule has 1 aliphatic rings. The summed E-state index contributed by atoms with van der Waals surface area (Å²) in [5.74, 6) is -2.72. The fourth-order valence-corrected chi connectivity index (χ4v) is 2.74. The van der Waals surface area contributed by atoms with Gasteiger partial charge in [-0.3, -0.25) is 4.90 Å². The van der Waals surface area contributed by atoms with Gasteiger partial charge in [-0.1, -0.05) is 19.8 Å². The van der Waals surface area contributed by atoms with Gasteiger partial charge < -0.3 is 5.32 Å². The summed E-state index contributed by atoms with van der Waals surface area (Å²) in [6.07, 6.45) is 2.60. The number of rotatable bonds is 5. The maximum atomic E-state index is 14.0. The van der Waals surface area contributed by atoms with Crippen LogP contribution in [0.2, 0.25) is 0 Å². The topological polar surface area (TPSA) is 15.3 Å². The molecule has 1 atom stereocenters. The molecule has 1 N–H and O–H groups in total. The molecular formula is C15H22ClF3N2. The van der Waals surface area contributed by atoms with E-state index in [9.17, 15) is 13.2 Å². The second kappa shape index (κ2) is 8.61. The van der Waals surface area contributed by atoms with Gasteiger partial charge >= 0.3 is 0 Å². The minimum atomic E-state index is -1.10. The SMILES string of the molecule is CCCC[C@H](c1cc(F)cc(F)c1F)N1CCNCC1.Cl. The number of unbranched alkanes of at least 4 members (excludes halogenated alkanes) is 1. The molecule has 1 aliphatic heterocycles. The van der Waals surface area contributed by atoms with Gasteiger partial charge in [-0.05, 0) is 12.5 Å². The third-order valence-electron chi connectivity index (χ3n) is 3.80. The van der Waals surface area contributed by atoms with E-state index in [1.165, 1.54) is 0 Å². The number of hydrogen-bond donors (Lipinski definition) is 1. The lowest BCUT2D eigenvalue weighted by Crippen LogP contribution is -2.45. The van der Waals surface area contributed by atoms with Crippen LogP contribution in [0.3, 0.4) is 0 Å². The Labute approximate surface area is 130 Å². The highest BCUT2D eigenvalue weighted by Crippen LogP contribution is 2.30. The van der Waals surface area contributed by atoms with Crippen molar-refractivity contribution >= 4 is 12.4 Å². The van der Waals surface area contributed by atoms with Crippen LogP contribution in [0.25, 0.3) is 0 Å². The standard InChI is InChI=1S/C15H21F3N2.ClH/c1-2-3-4-14(20-7-5-19-6-8-20)12-9-11(16)10-13(17)15(12)18;/h9-10,14,19H,2-8H2,1H3;1H/t14-;/m1./s1. The van der Waals surface area contributed by atoms with E-state index in [0.29, 0.717) is 6.07 Å². The van der Waals surface area contributed by atoms with Crippen LogP contribution in [0.4, 0.5) is 13.2 Å². The third kappa shape index (κ3) is 4.59. The molecule has 1 aromatic carbocycles. The molecule has 0 spiro atoms. The molecule has 120 valence electrons. The highest BCUT2D eigenvalue weighted by molar-refractivity contribution is 5.85. The molecule has 1 saturated heterocycles. The average Bonchev–Trinajstić information content (AvgIpc) is 2.45. The summed E-state index contributed by atoms with van der Waals surface area (Å²) < 4.78 is 40.9. The van der Waals surface area contributed by atoms with Crippen molar-refractivity contribution < 1.29 is 13.2 Å². The second-order valence-corrected chi connectivity index (χ2v) is 5.23. The van der Waals surface area contributed by atoms with Gasteiger partial charge in [0.15, 0.2) is 11.6 Å². The Bertz CT molecular complexity index is 451. The summed E-state index contributed by atoms with van der Waals surface area (Å²) in [7, 11) is 0. The average molecular weight is 323 g/mol. The molecule has 1 fully saturated rings. The van der Waals surface area contributed by atoms with E-state index in [0.717, 1.165) is 51.5 Å². The lowest BCUT2D eigenvalue weighted by molar-refractivity contribution is 0.159. The minimum absolute atomic E-state index is 0. The van der Waals surface area contributed by atoms with Crippen LogP contribution in [-0.4, -0.2) is 31.1 Å². The Morgan fingerprint density at radius 2 is 1.86 bits per heavy atom. The Morgan fingerprint density at radius 1 is 1.19 bits per heavy atom. The molecule has 1 heterocycles. The first-order valence-electron chi connectivity index (χ1n) is 7.22. The number of benzene rings is 1. The predicted octanol–water partition coefficient (Wildman–Crippen LogP) is 3.66. The fraction of sp³-hybridized carbons (Fsp3) is 0.600. The number of hydrogen-bond acceptors (Lipinski definition) is 2. The molecule has 2 nitrogen and oxygen atoms in total. The van der Waals surface area contributed by atoms with Crippen molar-refractivity contribution in [2.24, 2.45) is 0 Å². The summed E-state index contributed by atoms with van der Waals surface area (Å²) in [6, 6.07) is 1.50. The quantitative estimate of drug-likeness (QED) is 0.832. The number of piperazine rings is 1. The normalized spacial score (nSPS) is 17.3. The summed E-state index contributed by atoms with van der Waals surface area (Å²) in [6.45, 7) is 5.24. The third-order valence-corrected chi connectivity index (χ3v) is 3.80. The number of nitrogens with zero attached hydrogens (tertiary/aromatic N) is 1. The molecular weight excluding hydrogens is 301 g/mol. The van der Waals surface area contributed by atoms with Crippen molar-refractivity contribution in [3.63, 3.8) is 0 Å². The van der Waals surface area contributed by atoms with Crippen LogP contribution < -0.4 is 5.32 Å². The van der Waals surface area contributed by atoms with Crippen LogP contribution in [0.5, 0.6) is 0 Å². The Morgan fingerprint density at radius 3 is 2.48 bits per heavy atom. The van der Waals surface area contributed by atoms with Crippen LogP contribution in [0.1, 0.15) is 37.8 Å². The molecule has 6 heteroatoms. The first-order valence-corrected chi connectivity index (χ1v) is 7.22. The molecule has 0 amide bonds. The summed E-state index contributed by atoms with van der Waals surface area (Å²) in [5.41, 5.74) is 0.151. The van der Waals surface area contributed by atoms with Crippen molar-refractivity contribution in [1.29, 1.82) is 0 Å². The first kappa shape index (κ1) is 18.3. The molecule has 0 aromatic heterocycles. The molecule has 0 unspecified atom stereocenters. The lowest BCUT2D eigenvalue weighted by Gasteiger charge is -2.35. The van der Waals surface area contributed by atoms with Gasteiger partial charge in [-0.25, -0.2) is 13.2 Å². The van der Waals surface area contributed by atoms with Gasteiger partial charge in [-0.2, -0.15) is 0 Å². The van der Waals surface area contributed by atoms with E-state index in [4.69, 9.17) is 0 Å². The van der Waals surface area contributed by atoms with Crippen molar-refractivity contribution in [3.05, 3.63) is 35.1 Å². The Kier molecular flexibility index (Phi) is 7.49. The molecule has 0 radical (unpaired) electrons. The van der Waals surface area contributed by atoms with Gasteiger partial charge in [0, 0.05) is 43.9 Å². The fourth-order valence-electron chi connectivity index (χ4n) is 2.74. The summed E-state index contributed by atoms with van der Waals surface area (Å²) >= 11 is 0. The molecule has 2 rings (SSSR count). The zero-order valence-corrected chi connectivity index (χ0v) is 13.0. The van der Waals surface area contributed by atoms with E-state index >= 15 is 0 Å². The van der Waals surface area contributed by atoms with E-state index in [-0.39, 0.29) is 24.0 Å². The Balaban J connectivity index is 0.00000220. The maximum Gasteiger partial charge on any atom is 0.163 e. The highest BCUT2D eigenvalue weighted by atomic mass is 35.5. The van der Waals surface area contributed by atoms with Crippen LogP contribution in [-0.2, 0) is 0 Å². The second-order valence-electron chi connectivity index (χ2n) is 5.23. The molecule has 1 aromatic rings. The van der Waals surface area contributed by atoms with E-state index < -0.39 is 17.5 Å². The van der Waals surface area contributed by atoms with Crippen molar-refractivity contribution in [2.45, 2.75) is 32.2 Å². The van der Waals surface area contributed by atoms with Crippen molar-refractivity contribution in [1.82, 2.24) is 10.2 Å². The van der Waals surface area contributed by atoms with Gasteiger partial charge in [-0.15, -0.1) is 12.4 Å². The maximum absolute atomic E-state index is 14.0. The predicted molar refractivity (Wildman–Crippen MR) is 80.3 cm³/mol. The lowest BCUT2D eigenvalue weighted by atomic mass is 9.98. The Hall–Kier alpha value is -0.780. The van der Waals surface area contributed by atoms with Crippen molar-refractivity contribution in [3.8, 4) is 0 Å². The minimum Gasteiger partial charge on any atom is -0.314 e.